The minimum Gasteiger partial charge on any atom is -0.508 e. The van der Waals surface area contributed by atoms with E-state index < -0.39 is 6.10 Å². The number of amides is 1. The van der Waals surface area contributed by atoms with Gasteiger partial charge in [-0.15, -0.1) is 0 Å². The van der Waals surface area contributed by atoms with E-state index in [0.29, 0.717) is 6.54 Å². The number of aliphatic hydroxyl groups excluding tert-OH is 1. The number of carbonyl (C=O) groups excluding carboxylic acids is 1. The number of rotatable bonds is 2. The summed E-state index contributed by atoms with van der Waals surface area (Å²) in [4.78, 5) is 13.8. The second-order valence-corrected chi connectivity index (χ2v) is 4.66. The summed E-state index contributed by atoms with van der Waals surface area (Å²) >= 11 is 0. The highest BCUT2D eigenvalue weighted by Gasteiger charge is 2.29. The van der Waals surface area contributed by atoms with E-state index in [1.54, 1.807) is 0 Å². The zero-order chi connectivity index (χ0) is 14.0. The van der Waals surface area contributed by atoms with Gasteiger partial charge < -0.3 is 25.0 Å². The predicted molar refractivity (Wildman–Crippen MR) is 67.1 cm³/mol. The maximum atomic E-state index is 12.3. The Bertz CT molecular complexity index is 476. The van der Waals surface area contributed by atoms with Gasteiger partial charge in [0.05, 0.1) is 24.4 Å². The number of aliphatic hydroxyl groups is 1. The molecule has 1 fully saturated rings. The van der Waals surface area contributed by atoms with Crippen LogP contribution in [0, 0.1) is 0 Å². The molecule has 0 radical (unpaired) electrons. The number of morpholine rings is 1. The van der Waals surface area contributed by atoms with Gasteiger partial charge in [0.15, 0.2) is 0 Å². The maximum absolute atomic E-state index is 12.3. The Hall–Kier alpha value is -1.79. The summed E-state index contributed by atoms with van der Waals surface area (Å²) in [5.74, 6) is -0.648. The molecule has 1 aromatic carbocycles. The molecule has 1 saturated heterocycles. The number of hydrogen-bond acceptors (Lipinski definition) is 5. The van der Waals surface area contributed by atoms with Crippen molar-refractivity contribution in [3.05, 3.63) is 23.8 Å². The van der Waals surface area contributed by atoms with E-state index in [9.17, 15) is 15.0 Å². The lowest BCUT2D eigenvalue weighted by Gasteiger charge is -2.36. The molecular formula is C13H17NO5. The van der Waals surface area contributed by atoms with Crippen LogP contribution < -0.4 is 0 Å². The van der Waals surface area contributed by atoms with Crippen LogP contribution in [0.4, 0.5) is 0 Å². The molecule has 2 atom stereocenters. The number of phenolic OH excluding ortho intramolecular Hbond substituents is 2. The molecule has 1 heterocycles. The summed E-state index contributed by atoms with van der Waals surface area (Å²) < 4.78 is 5.45. The number of hydrogen-bond donors (Lipinski definition) is 3. The lowest BCUT2D eigenvalue weighted by atomic mass is 10.1. The van der Waals surface area contributed by atoms with Crippen LogP contribution in [0.25, 0.3) is 0 Å². The Balaban J connectivity index is 2.21. The van der Waals surface area contributed by atoms with E-state index >= 15 is 0 Å². The first-order valence-electron chi connectivity index (χ1n) is 6.09. The molecule has 0 aliphatic carbocycles. The molecule has 2 rings (SSSR count). The van der Waals surface area contributed by atoms with Crippen molar-refractivity contribution in [3.8, 4) is 11.5 Å². The van der Waals surface area contributed by atoms with Crippen molar-refractivity contribution in [2.75, 3.05) is 19.7 Å². The van der Waals surface area contributed by atoms with E-state index in [4.69, 9.17) is 9.84 Å². The second kappa shape index (κ2) is 5.46. The van der Waals surface area contributed by atoms with Gasteiger partial charge in [0.2, 0.25) is 0 Å². The van der Waals surface area contributed by atoms with E-state index in [-0.39, 0.29) is 42.2 Å². The SMILES string of the molecule is CC1CN(C(=O)c2cc(O)ccc2O)CC(CO)O1. The molecule has 3 N–H and O–H groups in total. The van der Waals surface area contributed by atoms with Crippen molar-refractivity contribution in [1.29, 1.82) is 0 Å². The van der Waals surface area contributed by atoms with Crippen LogP contribution in [-0.2, 0) is 4.74 Å². The summed E-state index contributed by atoms with van der Waals surface area (Å²) in [5.41, 5.74) is 0.0470. The average Bonchev–Trinajstić information content (AvgIpc) is 2.40. The minimum atomic E-state index is -0.424. The number of ether oxygens (including phenoxy) is 1. The highest BCUT2D eigenvalue weighted by Crippen LogP contribution is 2.24. The van der Waals surface area contributed by atoms with Crippen molar-refractivity contribution in [2.24, 2.45) is 0 Å². The van der Waals surface area contributed by atoms with Gasteiger partial charge in [-0.2, -0.15) is 0 Å². The van der Waals surface area contributed by atoms with E-state index in [0.717, 1.165) is 0 Å². The number of nitrogens with zero attached hydrogens (tertiary/aromatic N) is 1. The Kier molecular flexibility index (Phi) is 3.92. The maximum Gasteiger partial charge on any atom is 0.257 e. The van der Waals surface area contributed by atoms with Gasteiger partial charge in [0.25, 0.3) is 5.91 Å². The molecule has 2 unspecified atom stereocenters. The fourth-order valence-electron chi connectivity index (χ4n) is 2.18. The second-order valence-electron chi connectivity index (χ2n) is 4.66. The Morgan fingerprint density at radius 1 is 1.42 bits per heavy atom. The molecule has 6 heteroatoms. The van der Waals surface area contributed by atoms with Crippen molar-refractivity contribution >= 4 is 5.91 Å². The highest BCUT2D eigenvalue weighted by molar-refractivity contribution is 5.97. The molecule has 0 spiro atoms. The lowest BCUT2D eigenvalue weighted by molar-refractivity contribution is -0.0859. The molecule has 1 aliphatic rings. The molecule has 0 saturated carbocycles. The van der Waals surface area contributed by atoms with Crippen LogP contribution in [0.3, 0.4) is 0 Å². The predicted octanol–water partition coefficient (Wildman–Crippen LogP) is 0.320. The van der Waals surface area contributed by atoms with Crippen LogP contribution >= 0.6 is 0 Å². The van der Waals surface area contributed by atoms with Gasteiger partial charge in [-0.05, 0) is 25.1 Å². The fourth-order valence-corrected chi connectivity index (χ4v) is 2.18. The molecule has 6 nitrogen and oxygen atoms in total. The normalized spacial score (nSPS) is 23.4. The quantitative estimate of drug-likeness (QED) is 0.671. The van der Waals surface area contributed by atoms with Gasteiger partial charge in [-0.3, -0.25) is 4.79 Å². The van der Waals surface area contributed by atoms with Gasteiger partial charge >= 0.3 is 0 Å². The first-order valence-corrected chi connectivity index (χ1v) is 6.09. The first-order chi connectivity index (χ1) is 9.01. The minimum absolute atomic E-state index is 0.0470. The molecule has 1 aromatic rings. The van der Waals surface area contributed by atoms with Crippen molar-refractivity contribution in [3.63, 3.8) is 0 Å². The smallest absolute Gasteiger partial charge is 0.257 e. The summed E-state index contributed by atoms with van der Waals surface area (Å²) in [6.07, 6.45) is -0.610. The Morgan fingerprint density at radius 3 is 2.84 bits per heavy atom. The summed E-state index contributed by atoms with van der Waals surface area (Å²) in [6.45, 7) is 2.28. The van der Waals surface area contributed by atoms with E-state index in [2.05, 4.69) is 0 Å². The van der Waals surface area contributed by atoms with Crippen molar-refractivity contribution in [1.82, 2.24) is 4.90 Å². The molecular weight excluding hydrogens is 250 g/mol. The number of aromatic hydroxyl groups is 2. The molecule has 0 bridgehead atoms. The van der Waals surface area contributed by atoms with E-state index in [1.165, 1.54) is 23.1 Å². The molecule has 1 amide bonds. The largest absolute Gasteiger partial charge is 0.508 e. The van der Waals surface area contributed by atoms with Crippen molar-refractivity contribution < 1.29 is 24.9 Å². The average molecular weight is 267 g/mol. The molecule has 104 valence electrons. The zero-order valence-corrected chi connectivity index (χ0v) is 10.6. The summed E-state index contributed by atoms with van der Waals surface area (Å²) in [6, 6.07) is 3.81. The molecule has 19 heavy (non-hydrogen) atoms. The number of carbonyl (C=O) groups is 1. The highest BCUT2D eigenvalue weighted by atomic mass is 16.5. The van der Waals surface area contributed by atoms with Crippen LogP contribution in [0.2, 0.25) is 0 Å². The summed E-state index contributed by atoms with van der Waals surface area (Å²) in [7, 11) is 0. The van der Waals surface area contributed by atoms with Crippen LogP contribution in [0.1, 0.15) is 17.3 Å². The van der Waals surface area contributed by atoms with E-state index in [1.807, 2.05) is 6.92 Å². The van der Waals surface area contributed by atoms with Crippen LogP contribution in [-0.4, -0.2) is 58.0 Å². The Labute approximate surface area is 110 Å². The number of benzene rings is 1. The monoisotopic (exact) mass is 267 g/mol. The van der Waals surface area contributed by atoms with Gasteiger partial charge in [-0.1, -0.05) is 0 Å². The van der Waals surface area contributed by atoms with Crippen molar-refractivity contribution in [2.45, 2.75) is 19.1 Å². The Morgan fingerprint density at radius 2 is 2.16 bits per heavy atom. The fraction of sp³-hybridized carbons (Fsp3) is 0.462. The van der Waals surface area contributed by atoms with Crippen LogP contribution in [0.15, 0.2) is 18.2 Å². The third-order valence-electron chi connectivity index (χ3n) is 3.03. The first kappa shape index (κ1) is 13.6. The lowest BCUT2D eigenvalue weighted by Crippen LogP contribution is -2.50. The van der Waals surface area contributed by atoms with Crippen LogP contribution in [0.5, 0.6) is 11.5 Å². The van der Waals surface area contributed by atoms with Gasteiger partial charge in [0.1, 0.15) is 11.5 Å². The van der Waals surface area contributed by atoms with Gasteiger partial charge in [-0.25, -0.2) is 0 Å². The zero-order valence-electron chi connectivity index (χ0n) is 10.6. The standard InChI is InChI=1S/C13H17NO5/c1-8-5-14(6-10(7-15)19-8)13(18)11-4-9(16)2-3-12(11)17/h2-4,8,10,15-17H,5-7H2,1H3. The topological polar surface area (TPSA) is 90.2 Å². The van der Waals surface area contributed by atoms with Gasteiger partial charge in [0, 0.05) is 13.1 Å². The molecule has 0 aromatic heterocycles. The third kappa shape index (κ3) is 2.97. The number of phenols is 2. The summed E-state index contributed by atoms with van der Waals surface area (Å²) in [5, 5.41) is 28.2. The third-order valence-corrected chi connectivity index (χ3v) is 3.03. The molecule has 1 aliphatic heterocycles.